The lowest BCUT2D eigenvalue weighted by molar-refractivity contribution is -0.130. The Morgan fingerprint density at radius 2 is 2.27 bits per heavy atom. The van der Waals surface area contributed by atoms with Crippen molar-refractivity contribution in [1.29, 1.82) is 0 Å². The summed E-state index contributed by atoms with van der Waals surface area (Å²) in [5.41, 5.74) is 2.80. The zero-order valence-electron chi connectivity index (χ0n) is 15.2. The smallest absolute Gasteiger partial charge is 0.246 e. The molecule has 2 aliphatic rings. The summed E-state index contributed by atoms with van der Waals surface area (Å²) in [4.78, 5) is 34.8. The van der Waals surface area contributed by atoms with Gasteiger partial charge in [0.1, 0.15) is 12.4 Å². The highest BCUT2D eigenvalue weighted by atomic mass is 16.6. The first-order chi connectivity index (χ1) is 12.6. The van der Waals surface area contributed by atoms with Gasteiger partial charge in [-0.15, -0.1) is 0 Å². The Morgan fingerprint density at radius 1 is 1.46 bits per heavy atom. The molecule has 3 rings (SSSR count). The molecular formula is C19H24N4O3. The lowest BCUT2D eigenvalue weighted by Crippen LogP contribution is -2.52. The van der Waals surface area contributed by atoms with Crippen LogP contribution >= 0.6 is 0 Å². The van der Waals surface area contributed by atoms with Crippen molar-refractivity contribution in [3.8, 4) is 0 Å². The van der Waals surface area contributed by atoms with E-state index in [2.05, 4.69) is 15.5 Å². The van der Waals surface area contributed by atoms with Gasteiger partial charge in [-0.3, -0.25) is 9.59 Å². The number of hydrogen-bond donors (Lipinski definition) is 1. The van der Waals surface area contributed by atoms with Gasteiger partial charge >= 0.3 is 0 Å². The molecule has 0 aromatic carbocycles. The maximum atomic E-state index is 12.2. The molecule has 0 spiro atoms. The lowest BCUT2D eigenvalue weighted by atomic mass is 9.95. The molecular weight excluding hydrogens is 332 g/mol. The van der Waals surface area contributed by atoms with Gasteiger partial charge in [0.25, 0.3) is 0 Å². The topological polar surface area (TPSA) is 83.9 Å². The van der Waals surface area contributed by atoms with E-state index in [1.807, 2.05) is 19.9 Å². The van der Waals surface area contributed by atoms with Gasteiger partial charge in [0.2, 0.25) is 11.8 Å². The minimum Gasteiger partial charge on any atom is -0.396 e. The Balaban J connectivity index is 1.51. The van der Waals surface area contributed by atoms with E-state index in [-0.39, 0.29) is 17.7 Å². The molecule has 1 aromatic rings. The van der Waals surface area contributed by atoms with Crippen LogP contribution in [0.1, 0.15) is 37.8 Å². The highest BCUT2D eigenvalue weighted by Gasteiger charge is 2.31. The molecule has 1 saturated heterocycles. The van der Waals surface area contributed by atoms with Crippen LogP contribution in [0.5, 0.6) is 0 Å². The fourth-order valence-corrected chi connectivity index (χ4v) is 2.87. The minimum absolute atomic E-state index is 0.00488. The fraction of sp³-hybridized carbons (Fsp3) is 0.474. The molecule has 7 nitrogen and oxygen atoms in total. The summed E-state index contributed by atoms with van der Waals surface area (Å²) in [5.74, 6) is 0.873. The van der Waals surface area contributed by atoms with E-state index in [0.29, 0.717) is 38.4 Å². The highest BCUT2D eigenvalue weighted by Crippen LogP contribution is 2.22. The molecule has 0 radical (unpaired) electrons. The van der Waals surface area contributed by atoms with E-state index < -0.39 is 0 Å². The number of anilines is 1. The van der Waals surface area contributed by atoms with Gasteiger partial charge in [-0.25, -0.2) is 4.98 Å². The molecule has 0 atom stereocenters. The largest absolute Gasteiger partial charge is 0.396 e. The molecule has 7 heteroatoms. The van der Waals surface area contributed by atoms with Gasteiger partial charge in [0.15, 0.2) is 0 Å². The molecule has 1 aromatic heterocycles. The standard InChI is InChI=1S/C19H24N4O3/c1-3-8-26-22-13(2)16-11-23(12-16)18(25)7-4-14-9-15-5-6-17(24)21-19(15)20-10-14/h4,7,9-10,16H,3,5-6,8,11-12H2,1-2H3,(H,20,21,24)/b7-4+,22-13+. The molecule has 0 saturated carbocycles. The van der Waals surface area contributed by atoms with E-state index in [1.54, 1.807) is 23.2 Å². The molecule has 1 fully saturated rings. The summed E-state index contributed by atoms with van der Waals surface area (Å²) in [7, 11) is 0. The Bertz CT molecular complexity index is 751. The monoisotopic (exact) mass is 356 g/mol. The number of pyridine rings is 1. The van der Waals surface area contributed by atoms with Crippen molar-refractivity contribution in [2.45, 2.75) is 33.1 Å². The Morgan fingerprint density at radius 3 is 3.04 bits per heavy atom. The number of carbonyl (C=O) groups excluding carboxylic acids is 2. The molecule has 0 aliphatic carbocycles. The van der Waals surface area contributed by atoms with Crippen LogP contribution in [-0.4, -0.2) is 47.1 Å². The molecule has 2 amide bonds. The van der Waals surface area contributed by atoms with Crippen molar-refractivity contribution in [2.75, 3.05) is 25.0 Å². The normalized spacial score (nSPS) is 17.7. The van der Waals surface area contributed by atoms with Crippen molar-refractivity contribution in [1.82, 2.24) is 9.88 Å². The third-order valence-electron chi connectivity index (χ3n) is 4.57. The second kappa shape index (κ2) is 8.12. The van der Waals surface area contributed by atoms with Crippen molar-refractivity contribution in [3.63, 3.8) is 0 Å². The predicted molar refractivity (Wildman–Crippen MR) is 99.6 cm³/mol. The first-order valence-electron chi connectivity index (χ1n) is 8.99. The second-order valence-electron chi connectivity index (χ2n) is 6.66. The van der Waals surface area contributed by atoms with Gasteiger partial charge in [0.05, 0.1) is 5.71 Å². The Hall–Kier alpha value is -2.70. The quantitative estimate of drug-likeness (QED) is 0.367. The zero-order chi connectivity index (χ0) is 18.5. The number of carbonyl (C=O) groups is 2. The van der Waals surface area contributed by atoms with E-state index in [4.69, 9.17) is 4.84 Å². The number of likely N-dealkylation sites (tertiary alicyclic amines) is 1. The van der Waals surface area contributed by atoms with Crippen molar-refractivity contribution in [3.05, 3.63) is 29.5 Å². The molecule has 26 heavy (non-hydrogen) atoms. The average Bonchev–Trinajstić information content (AvgIpc) is 2.59. The molecule has 1 N–H and O–H groups in total. The molecule has 138 valence electrons. The molecule has 0 unspecified atom stereocenters. The van der Waals surface area contributed by atoms with Gasteiger partial charge in [0, 0.05) is 37.7 Å². The number of fused-ring (bicyclic) bond motifs is 1. The van der Waals surface area contributed by atoms with E-state index >= 15 is 0 Å². The van der Waals surface area contributed by atoms with E-state index in [1.165, 1.54) is 0 Å². The van der Waals surface area contributed by atoms with Crippen molar-refractivity contribution >= 4 is 29.4 Å². The van der Waals surface area contributed by atoms with Crippen LogP contribution in [0.15, 0.2) is 23.5 Å². The maximum absolute atomic E-state index is 12.2. The number of nitrogens with one attached hydrogen (secondary N) is 1. The number of oxime groups is 1. The number of amides is 2. The van der Waals surface area contributed by atoms with Gasteiger partial charge in [-0.2, -0.15) is 0 Å². The molecule has 3 heterocycles. The summed E-state index contributed by atoms with van der Waals surface area (Å²) in [6, 6.07) is 1.96. The number of aromatic nitrogens is 1. The maximum Gasteiger partial charge on any atom is 0.246 e. The number of hydrogen-bond acceptors (Lipinski definition) is 5. The summed E-state index contributed by atoms with van der Waals surface area (Å²) in [5, 5.41) is 6.84. The number of nitrogens with zero attached hydrogens (tertiary/aromatic N) is 3. The van der Waals surface area contributed by atoms with Crippen LogP contribution < -0.4 is 5.32 Å². The van der Waals surface area contributed by atoms with Gasteiger partial charge < -0.3 is 15.1 Å². The van der Waals surface area contributed by atoms with Crippen LogP contribution in [0.25, 0.3) is 6.08 Å². The summed E-state index contributed by atoms with van der Waals surface area (Å²) in [6.45, 7) is 5.93. The first kappa shape index (κ1) is 18.1. The van der Waals surface area contributed by atoms with Crippen LogP contribution in [0.3, 0.4) is 0 Å². The third kappa shape index (κ3) is 4.28. The van der Waals surface area contributed by atoms with Crippen molar-refractivity contribution in [2.24, 2.45) is 11.1 Å². The number of rotatable bonds is 6. The first-order valence-corrected chi connectivity index (χ1v) is 8.99. The van der Waals surface area contributed by atoms with Crippen LogP contribution in [0, 0.1) is 5.92 Å². The fourth-order valence-electron chi connectivity index (χ4n) is 2.87. The third-order valence-corrected chi connectivity index (χ3v) is 4.57. The zero-order valence-corrected chi connectivity index (χ0v) is 15.2. The molecule has 0 bridgehead atoms. The second-order valence-corrected chi connectivity index (χ2v) is 6.66. The lowest BCUT2D eigenvalue weighted by Gasteiger charge is -2.38. The SMILES string of the molecule is CCCO/N=C(\C)C1CN(C(=O)/C=C/c2cnc3c(c2)CCC(=O)N3)C1. The van der Waals surface area contributed by atoms with Crippen LogP contribution in [-0.2, 0) is 20.8 Å². The van der Waals surface area contributed by atoms with Crippen molar-refractivity contribution < 1.29 is 14.4 Å². The molecule has 2 aliphatic heterocycles. The van der Waals surface area contributed by atoms with E-state index in [9.17, 15) is 9.59 Å². The highest BCUT2D eigenvalue weighted by molar-refractivity contribution is 5.95. The summed E-state index contributed by atoms with van der Waals surface area (Å²) < 4.78 is 0. The summed E-state index contributed by atoms with van der Waals surface area (Å²) >= 11 is 0. The van der Waals surface area contributed by atoms with Gasteiger partial charge in [-0.05, 0) is 43.0 Å². The average molecular weight is 356 g/mol. The minimum atomic E-state index is -0.0189. The Kier molecular flexibility index (Phi) is 5.65. The predicted octanol–water partition coefficient (Wildman–Crippen LogP) is 2.24. The van der Waals surface area contributed by atoms with Crippen LogP contribution in [0.4, 0.5) is 5.82 Å². The summed E-state index contributed by atoms with van der Waals surface area (Å²) in [6.07, 6.45) is 7.08. The van der Waals surface area contributed by atoms with Gasteiger partial charge in [-0.1, -0.05) is 12.1 Å². The van der Waals surface area contributed by atoms with E-state index in [0.717, 1.165) is 23.3 Å². The number of aryl methyl sites for hydroxylation is 1. The Labute approximate surface area is 153 Å². The van der Waals surface area contributed by atoms with Crippen LogP contribution in [0.2, 0.25) is 0 Å².